The third kappa shape index (κ3) is 5.84. The van der Waals surface area contributed by atoms with Gasteiger partial charge in [0.25, 0.3) is 0 Å². The first-order chi connectivity index (χ1) is 19.7. The van der Waals surface area contributed by atoms with Crippen LogP contribution in [0.2, 0.25) is 0 Å². The minimum Gasteiger partial charge on any atom is -0.481 e. The van der Waals surface area contributed by atoms with Crippen LogP contribution in [0.5, 0.6) is 0 Å². The number of carbonyl (C=O) groups is 2. The molecule has 1 saturated carbocycles. The highest BCUT2D eigenvalue weighted by Crippen LogP contribution is 2.38. The van der Waals surface area contributed by atoms with E-state index in [0.29, 0.717) is 55.5 Å². The second-order valence-electron chi connectivity index (χ2n) is 10.9. The van der Waals surface area contributed by atoms with E-state index in [1.54, 1.807) is 19.1 Å². The van der Waals surface area contributed by atoms with E-state index in [1.807, 2.05) is 4.90 Å². The number of benzene rings is 2. The molecule has 0 amide bonds. The van der Waals surface area contributed by atoms with Crippen molar-refractivity contribution in [2.24, 2.45) is 5.92 Å². The van der Waals surface area contributed by atoms with E-state index < -0.39 is 47.2 Å². The Kier molecular flexibility index (Phi) is 8.67. The van der Waals surface area contributed by atoms with Gasteiger partial charge in [-0.25, -0.2) is 13.8 Å². The number of methoxy groups -OCH3 is 1. The first kappa shape index (κ1) is 29.1. The second kappa shape index (κ2) is 12.2. The van der Waals surface area contributed by atoms with Gasteiger partial charge in [-0.05, 0) is 69.2 Å². The molecule has 3 aromatic rings. The minimum absolute atomic E-state index is 0.000714. The minimum atomic E-state index is -1.60. The van der Waals surface area contributed by atoms with Crippen LogP contribution in [0.4, 0.5) is 14.5 Å². The molecule has 2 N–H and O–H groups in total. The van der Waals surface area contributed by atoms with Crippen molar-refractivity contribution in [2.75, 3.05) is 32.1 Å². The molecule has 0 spiro atoms. The highest BCUT2D eigenvalue weighted by molar-refractivity contribution is 5.96. The lowest BCUT2D eigenvalue weighted by atomic mass is 9.86. The number of carbonyl (C=O) groups excluding carboxylic acids is 1. The Hall–Kier alpha value is -3.41. The number of fused-ring (bicyclic) bond motifs is 1. The number of aromatic nitrogens is 1. The third-order valence-electron chi connectivity index (χ3n) is 8.27. The molecule has 0 bridgehead atoms. The number of ketones is 1. The maximum Gasteiger partial charge on any atom is 0.306 e. The lowest BCUT2D eigenvalue weighted by Gasteiger charge is -2.44. The standard InChI is InChI=1S/C30H35F2N3O6/c1-18-5-8-20(31)15-24(18)34-26(22-11-12-23-27(25(22)32)40-17-33-23)28(36)30(16-39-2,35-13-3-4-14-35)41-21-9-6-19(7-10-21)29(37)38/h5,8,11-12,15,17,19,21,26,34H,3-4,6-7,9-10,13-14,16H2,1-2H3,(H,37,38). The molecule has 41 heavy (non-hydrogen) atoms. The Labute approximate surface area is 236 Å². The zero-order valence-electron chi connectivity index (χ0n) is 23.2. The molecule has 220 valence electrons. The summed E-state index contributed by atoms with van der Waals surface area (Å²) in [6.45, 7) is 2.76. The fraction of sp³-hybridized carbons (Fsp3) is 0.500. The quantitative estimate of drug-likeness (QED) is 0.319. The molecular weight excluding hydrogens is 536 g/mol. The van der Waals surface area contributed by atoms with Gasteiger partial charge >= 0.3 is 5.97 Å². The first-order valence-electron chi connectivity index (χ1n) is 14.0. The predicted octanol–water partition coefficient (Wildman–Crippen LogP) is 5.24. The lowest BCUT2D eigenvalue weighted by molar-refractivity contribution is -0.212. The van der Waals surface area contributed by atoms with Crippen LogP contribution in [-0.4, -0.2) is 65.4 Å². The fourth-order valence-corrected chi connectivity index (χ4v) is 6.01. The number of nitrogens with one attached hydrogen (secondary N) is 1. The summed E-state index contributed by atoms with van der Waals surface area (Å²) < 4.78 is 47.9. The topological polar surface area (TPSA) is 114 Å². The van der Waals surface area contributed by atoms with Crippen LogP contribution in [0.1, 0.15) is 55.7 Å². The number of Topliss-reactive ketones (excluding diaryl/α,β-unsaturated/α-hetero) is 1. The van der Waals surface area contributed by atoms with Gasteiger partial charge in [0.2, 0.25) is 11.5 Å². The van der Waals surface area contributed by atoms with E-state index in [2.05, 4.69) is 10.3 Å². The molecule has 2 heterocycles. The summed E-state index contributed by atoms with van der Waals surface area (Å²) >= 11 is 0. The number of halogens is 2. The summed E-state index contributed by atoms with van der Waals surface area (Å²) in [5.41, 5.74) is -0.404. The van der Waals surface area contributed by atoms with Gasteiger partial charge in [-0.15, -0.1) is 0 Å². The zero-order valence-corrected chi connectivity index (χ0v) is 23.2. The van der Waals surface area contributed by atoms with Crippen molar-refractivity contribution >= 4 is 28.5 Å². The second-order valence-corrected chi connectivity index (χ2v) is 10.9. The number of aryl methyl sites for hydroxylation is 1. The number of hydrogen-bond acceptors (Lipinski definition) is 8. The average molecular weight is 572 g/mol. The maximum absolute atomic E-state index is 16.0. The number of aliphatic carboxylic acids is 1. The van der Waals surface area contributed by atoms with Gasteiger partial charge in [0.1, 0.15) is 17.4 Å². The summed E-state index contributed by atoms with van der Waals surface area (Å²) in [7, 11) is 1.48. The van der Waals surface area contributed by atoms with Crippen LogP contribution in [0.15, 0.2) is 41.1 Å². The number of likely N-dealkylation sites (tertiary alicyclic amines) is 1. The molecule has 9 nitrogen and oxygen atoms in total. The van der Waals surface area contributed by atoms with Gasteiger partial charge < -0.3 is 24.3 Å². The molecule has 1 aliphatic carbocycles. The molecule has 1 saturated heterocycles. The number of hydrogen-bond donors (Lipinski definition) is 2. The van der Waals surface area contributed by atoms with Crippen molar-refractivity contribution in [1.29, 1.82) is 0 Å². The van der Waals surface area contributed by atoms with Gasteiger partial charge in [0.05, 0.1) is 18.6 Å². The smallest absolute Gasteiger partial charge is 0.306 e. The number of ether oxygens (including phenoxy) is 2. The van der Waals surface area contributed by atoms with Crippen molar-refractivity contribution in [3.63, 3.8) is 0 Å². The SMILES string of the molecule is COCC(OC1CCC(C(=O)O)CC1)(C(=O)C(Nc1cc(F)ccc1C)c1ccc2ncoc2c1F)N1CCCC1. The van der Waals surface area contributed by atoms with Crippen LogP contribution in [0, 0.1) is 24.5 Å². The van der Waals surface area contributed by atoms with Crippen molar-refractivity contribution < 1.29 is 37.4 Å². The van der Waals surface area contributed by atoms with Crippen LogP contribution in [0.25, 0.3) is 11.1 Å². The predicted molar refractivity (Wildman–Crippen MR) is 146 cm³/mol. The Morgan fingerprint density at radius 2 is 1.90 bits per heavy atom. The van der Waals surface area contributed by atoms with E-state index in [-0.39, 0.29) is 17.8 Å². The molecule has 2 aromatic carbocycles. The Balaban J connectivity index is 1.59. The molecule has 2 unspecified atom stereocenters. The number of rotatable bonds is 11. The molecule has 2 atom stereocenters. The maximum atomic E-state index is 16.0. The van der Waals surface area contributed by atoms with E-state index in [9.17, 15) is 19.1 Å². The van der Waals surface area contributed by atoms with Crippen molar-refractivity contribution in [3.8, 4) is 0 Å². The number of carboxylic acids is 1. The van der Waals surface area contributed by atoms with E-state index in [4.69, 9.17) is 13.9 Å². The number of nitrogens with zero attached hydrogens (tertiary/aromatic N) is 2. The normalized spacial score (nSPS) is 22.0. The van der Waals surface area contributed by atoms with Gasteiger partial charge in [0.15, 0.2) is 17.8 Å². The van der Waals surface area contributed by atoms with Gasteiger partial charge in [-0.1, -0.05) is 12.1 Å². The molecule has 1 aliphatic heterocycles. The average Bonchev–Trinajstić information content (AvgIpc) is 3.67. The molecule has 2 fully saturated rings. The number of anilines is 1. The van der Waals surface area contributed by atoms with Gasteiger partial charge in [-0.3, -0.25) is 14.5 Å². The zero-order chi connectivity index (χ0) is 29.1. The molecule has 1 aromatic heterocycles. The summed E-state index contributed by atoms with van der Waals surface area (Å²) in [4.78, 5) is 32.4. The van der Waals surface area contributed by atoms with Crippen molar-refractivity contribution in [3.05, 3.63) is 59.5 Å². The molecule has 11 heteroatoms. The largest absolute Gasteiger partial charge is 0.481 e. The summed E-state index contributed by atoms with van der Waals surface area (Å²) in [5, 5.41) is 12.6. The molecular formula is C30H35F2N3O6. The number of carboxylic acid groups (broad SMARTS) is 1. The first-order valence-corrected chi connectivity index (χ1v) is 14.0. The lowest BCUT2D eigenvalue weighted by Crippen LogP contribution is -2.62. The third-order valence-corrected chi connectivity index (χ3v) is 8.27. The summed E-state index contributed by atoms with van der Waals surface area (Å²) in [6.07, 6.45) is 4.20. The Bertz CT molecular complexity index is 1400. The van der Waals surface area contributed by atoms with E-state index in [1.165, 1.54) is 25.3 Å². The summed E-state index contributed by atoms with van der Waals surface area (Å²) in [5.74, 6) is -3.06. The Morgan fingerprint density at radius 3 is 2.59 bits per heavy atom. The monoisotopic (exact) mass is 571 g/mol. The van der Waals surface area contributed by atoms with Gasteiger partial charge in [0, 0.05) is 31.5 Å². The number of oxazole rings is 1. The van der Waals surface area contributed by atoms with Crippen molar-refractivity contribution in [1.82, 2.24) is 9.88 Å². The highest BCUT2D eigenvalue weighted by Gasteiger charge is 2.52. The van der Waals surface area contributed by atoms with E-state index in [0.717, 1.165) is 19.2 Å². The van der Waals surface area contributed by atoms with Crippen LogP contribution in [-0.2, 0) is 19.1 Å². The molecule has 0 radical (unpaired) electrons. The fourth-order valence-electron chi connectivity index (χ4n) is 6.01. The van der Waals surface area contributed by atoms with Crippen LogP contribution in [0.3, 0.4) is 0 Å². The highest BCUT2D eigenvalue weighted by atomic mass is 19.1. The summed E-state index contributed by atoms with van der Waals surface area (Å²) in [6, 6.07) is 5.90. The molecule has 5 rings (SSSR count). The van der Waals surface area contributed by atoms with Crippen LogP contribution < -0.4 is 5.32 Å². The van der Waals surface area contributed by atoms with E-state index >= 15 is 4.39 Å². The van der Waals surface area contributed by atoms with Crippen molar-refractivity contribution in [2.45, 2.75) is 63.3 Å². The molecule has 2 aliphatic rings. The van der Waals surface area contributed by atoms with Crippen LogP contribution >= 0.6 is 0 Å². The Morgan fingerprint density at radius 1 is 1.17 bits per heavy atom. The van der Waals surface area contributed by atoms with Gasteiger partial charge in [-0.2, -0.15) is 0 Å².